The summed E-state index contributed by atoms with van der Waals surface area (Å²) in [7, 11) is 0. The molecule has 2 fully saturated rings. The third-order valence-electron chi connectivity index (χ3n) is 3.98. The van der Waals surface area contributed by atoms with Crippen molar-refractivity contribution in [3.63, 3.8) is 0 Å². The summed E-state index contributed by atoms with van der Waals surface area (Å²) in [5, 5.41) is 84.1. The molecule has 0 aromatic heterocycles. The van der Waals surface area contributed by atoms with Crippen LogP contribution in [-0.2, 0) is 14.2 Å². The summed E-state index contributed by atoms with van der Waals surface area (Å²) in [6.07, 6.45) is -15.6. The lowest BCUT2D eigenvalue weighted by Gasteiger charge is -2.45. The van der Waals surface area contributed by atoms with Gasteiger partial charge in [-0.2, -0.15) is 0 Å². The number of ether oxygens (including phenoxy) is 3. The third kappa shape index (κ3) is 6.23. The van der Waals surface area contributed by atoms with Crippen molar-refractivity contribution in [1.29, 1.82) is 0 Å². The zero-order valence-corrected chi connectivity index (χ0v) is 14.6. The van der Waals surface area contributed by atoms with Gasteiger partial charge in [-0.15, -0.1) is 0 Å². The highest BCUT2D eigenvalue weighted by atomic mass is 16.7. The van der Waals surface area contributed by atoms with E-state index in [0.29, 0.717) is 0 Å². The van der Waals surface area contributed by atoms with E-state index in [1.165, 1.54) is 0 Å². The van der Waals surface area contributed by atoms with Gasteiger partial charge in [-0.1, -0.05) is 0 Å². The molecule has 2 aliphatic rings. The molecule has 0 spiro atoms. The molecule has 0 aromatic rings. The Balaban J connectivity index is 0.00000158. The Morgan fingerprint density at radius 1 is 0.704 bits per heavy atom. The van der Waals surface area contributed by atoms with E-state index in [9.17, 15) is 35.7 Å². The highest BCUT2D eigenvalue weighted by Gasteiger charge is 2.50. The minimum absolute atomic E-state index is 0. The van der Waals surface area contributed by atoms with Crippen LogP contribution >= 0.6 is 0 Å². The van der Waals surface area contributed by atoms with Gasteiger partial charge in [-0.25, -0.2) is 0 Å². The van der Waals surface area contributed by atoms with Crippen LogP contribution in [0.25, 0.3) is 0 Å². The average molecular weight is 406 g/mol. The summed E-state index contributed by atoms with van der Waals surface area (Å²) in [5.74, 6) is 0. The highest BCUT2D eigenvalue weighted by Crippen LogP contribution is 2.28. The maximum atomic E-state index is 9.94. The second kappa shape index (κ2) is 12.1. The summed E-state index contributed by atoms with van der Waals surface area (Å²) < 4.78 is 15.3. The Kier molecular flexibility index (Phi) is 11.9. The van der Waals surface area contributed by atoms with Crippen molar-refractivity contribution >= 4 is 0 Å². The zero-order chi connectivity index (χ0) is 20.0. The van der Waals surface area contributed by atoms with E-state index < -0.39 is 74.6 Å². The van der Waals surface area contributed by atoms with Gasteiger partial charge in [-0.3, -0.25) is 0 Å². The number of aliphatic hydroxyl groups excluding tert-OH is 9. The summed E-state index contributed by atoms with van der Waals surface area (Å²) >= 11 is 0. The van der Waals surface area contributed by atoms with Gasteiger partial charge in [0.25, 0.3) is 0 Å². The first-order valence-electron chi connectivity index (χ1n) is 8.10. The minimum Gasteiger partial charge on any atom is -0.412 e. The van der Waals surface area contributed by atoms with E-state index >= 15 is 0 Å². The molecule has 0 aliphatic carbocycles. The number of hydrogen-bond donors (Lipinski definition) is 9. The van der Waals surface area contributed by atoms with E-state index in [1.807, 2.05) is 0 Å². The van der Waals surface area contributed by atoms with Gasteiger partial charge in [0.15, 0.2) is 12.6 Å². The van der Waals surface area contributed by atoms with Crippen molar-refractivity contribution in [1.82, 2.24) is 0 Å². The Bertz CT molecular complexity index is 395. The molecule has 1 unspecified atom stereocenters. The fraction of sp³-hybridized carbons (Fsp3) is 1.00. The summed E-state index contributed by atoms with van der Waals surface area (Å²) in [5.41, 5.74) is 0. The molecule has 13 nitrogen and oxygen atoms in total. The van der Waals surface area contributed by atoms with Crippen molar-refractivity contribution in [3.05, 3.63) is 0 Å². The number of hydrogen-bond acceptors (Lipinski definition) is 12. The van der Waals surface area contributed by atoms with Gasteiger partial charge < -0.3 is 65.6 Å². The molecule has 164 valence electrons. The molecular formula is C14H30O13. The molecule has 0 radical (unpaired) electrons. The molecule has 0 aromatic carbocycles. The van der Waals surface area contributed by atoms with Crippen LogP contribution in [-0.4, -0.2) is 133 Å². The Hall–Kier alpha value is -0.520. The number of aliphatic hydroxyl groups is 9. The predicted molar refractivity (Wildman–Crippen MR) is 85.0 cm³/mol. The molecule has 0 bridgehead atoms. The lowest BCUT2D eigenvalue weighted by molar-refractivity contribution is -0.355. The van der Waals surface area contributed by atoms with E-state index in [0.717, 1.165) is 0 Å². The largest absolute Gasteiger partial charge is 0.412 e. The normalized spacial score (nSPS) is 44.7. The second-order valence-corrected chi connectivity index (χ2v) is 5.84. The molecule has 27 heavy (non-hydrogen) atoms. The Morgan fingerprint density at radius 3 is 1.70 bits per heavy atom. The molecule has 0 saturated carbocycles. The van der Waals surface area contributed by atoms with Crippen LogP contribution in [0.15, 0.2) is 0 Å². The second-order valence-electron chi connectivity index (χ2n) is 5.84. The topological polar surface area (TPSA) is 241 Å². The van der Waals surface area contributed by atoms with Crippen LogP contribution < -0.4 is 0 Å². The first-order chi connectivity index (χ1) is 12.2. The molecule has 0 amide bonds. The fourth-order valence-electron chi connectivity index (χ4n) is 2.57. The molecule has 13 heteroatoms. The average Bonchev–Trinajstić information content (AvgIpc) is 2.62. The first-order valence-corrected chi connectivity index (χ1v) is 8.10. The maximum absolute atomic E-state index is 9.94. The van der Waals surface area contributed by atoms with Crippen LogP contribution in [0.5, 0.6) is 0 Å². The molecule has 2 saturated heterocycles. The van der Waals surface area contributed by atoms with Gasteiger partial charge in [0.05, 0.1) is 13.2 Å². The molecule has 11 N–H and O–H groups in total. The van der Waals surface area contributed by atoms with Crippen LogP contribution in [0.1, 0.15) is 6.92 Å². The van der Waals surface area contributed by atoms with Crippen molar-refractivity contribution in [2.75, 3.05) is 19.8 Å². The highest BCUT2D eigenvalue weighted by molar-refractivity contribution is 4.93. The maximum Gasteiger partial charge on any atom is 0.187 e. The number of rotatable bonds is 4. The quantitative estimate of drug-likeness (QED) is 0.212. The lowest BCUT2D eigenvalue weighted by Crippen LogP contribution is -2.64. The monoisotopic (exact) mass is 406 g/mol. The molecule has 10 atom stereocenters. The summed E-state index contributed by atoms with van der Waals surface area (Å²) in [6.45, 7) is 0.586. The zero-order valence-electron chi connectivity index (χ0n) is 14.6. The smallest absolute Gasteiger partial charge is 0.187 e. The molecule has 2 rings (SSSR count). The Labute approximate surface area is 154 Å². The van der Waals surface area contributed by atoms with Crippen LogP contribution in [0.2, 0.25) is 0 Å². The third-order valence-corrected chi connectivity index (χ3v) is 3.98. The standard InChI is InChI=1S/C12H22O11.C2H6O.H2O/c13-1-3-5(15)6(16)9(19)12(22-3)23-10-4(2-14)21-11(20)8(18)7(10)17;1-2-3;/h3-20H,1-2H2;3H,2H2,1H3;1H2/t3-,4-,5+,6+,7-,8-,9-,10-,11?,12+;;/m1../s1. The SMILES string of the molecule is CCO.O.OC[C@H]1O[C@@H](O[C@H]2[C@H](O)[C@@H](O)C(O)O[C@@H]2CO)[C@H](O)[C@@H](O)[C@H]1O. The van der Waals surface area contributed by atoms with Crippen LogP contribution in [0.4, 0.5) is 0 Å². The van der Waals surface area contributed by atoms with E-state index in [4.69, 9.17) is 24.4 Å². The van der Waals surface area contributed by atoms with E-state index in [1.54, 1.807) is 6.92 Å². The predicted octanol–water partition coefficient (Wildman–Crippen LogP) is -6.22. The van der Waals surface area contributed by atoms with Gasteiger partial charge >= 0.3 is 0 Å². The van der Waals surface area contributed by atoms with Crippen LogP contribution in [0.3, 0.4) is 0 Å². The van der Waals surface area contributed by atoms with E-state index in [-0.39, 0.29) is 12.1 Å². The lowest BCUT2D eigenvalue weighted by atomic mass is 9.97. The van der Waals surface area contributed by atoms with Gasteiger partial charge in [0.1, 0.15) is 48.8 Å². The van der Waals surface area contributed by atoms with Gasteiger partial charge in [0, 0.05) is 6.61 Å². The Morgan fingerprint density at radius 2 is 1.22 bits per heavy atom. The fourth-order valence-corrected chi connectivity index (χ4v) is 2.57. The van der Waals surface area contributed by atoms with Crippen molar-refractivity contribution in [2.24, 2.45) is 0 Å². The summed E-state index contributed by atoms with van der Waals surface area (Å²) in [6, 6.07) is 0. The van der Waals surface area contributed by atoms with Gasteiger partial charge in [-0.05, 0) is 6.92 Å². The van der Waals surface area contributed by atoms with Crippen molar-refractivity contribution in [3.8, 4) is 0 Å². The van der Waals surface area contributed by atoms with Crippen LogP contribution in [0, 0.1) is 0 Å². The van der Waals surface area contributed by atoms with Crippen molar-refractivity contribution < 1.29 is 65.6 Å². The molecular weight excluding hydrogens is 376 g/mol. The van der Waals surface area contributed by atoms with Crippen molar-refractivity contribution in [2.45, 2.75) is 68.3 Å². The van der Waals surface area contributed by atoms with Gasteiger partial charge in [0.2, 0.25) is 0 Å². The minimum atomic E-state index is -1.74. The summed E-state index contributed by atoms with van der Waals surface area (Å²) in [4.78, 5) is 0. The van der Waals surface area contributed by atoms with E-state index in [2.05, 4.69) is 0 Å². The molecule has 2 heterocycles. The first kappa shape index (κ1) is 26.5. The molecule has 2 aliphatic heterocycles.